The van der Waals surface area contributed by atoms with Crippen LogP contribution in [0.1, 0.15) is 6.92 Å². The fourth-order valence-corrected chi connectivity index (χ4v) is 0.911. The van der Waals surface area contributed by atoms with Crippen LogP contribution in [0.4, 0.5) is 0 Å². The smallest absolute Gasteiger partial charge is 0.303 e. The second-order valence-electron chi connectivity index (χ2n) is 2.43. The van der Waals surface area contributed by atoms with Crippen LogP contribution in [0.3, 0.4) is 0 Å². The number of amides is 1. The molecule has 2 N–H and O–H groups in total. The maximum absolute atomic E-state index is 10.9. The Balaban J connectivity index is 4.38. The SMILES string of the molecule is CC(O)C(=O)NS(=O)(=O)N(C)C. The van der Waals surface area contributed by atoms with E-state index in [4.69, 9.17) is 5.11 Å². The first-order valence-corrected chi connectivity index (χ1v) is 4.63. The lowest BCUT2D eigenvalue weighted by atomic mass is 10.4. The van der Waals surface area contributed by atoms with Crippen molar-refractivity contribution < 1.29 is 18.3 Å². The highest BCUT2D eigenvalue weighted by molar-refractivity contribution is 7.87. The lowest BCUT2D eigenvalue weighted by Crippen LogP contribution is -2.43. The normalized spacial score (nSPS) is 14.4. The van der Waals surface area contributed by atoms with Crippen LogP contribution in [-0.4, -0.2) is 43.9 Å². The standard InChI is InChI=1S/C5H12N2O4S/c1-4(8)5(9)6-12(10,11)7(2)3/h4,8H,1-3H3,(H,6,9). The van der Waals surface area contributed by atoms with Gasteiger partial charge in [-0.1, -0.05) is 0 Å². The molecule has 0 aliphatic carbocycles. The molecule has 0 aromatic rings. The van der Waals surface area contributed by atoms with E-state index in [1.165, 1.54) is 21.0 Å². The molecule has 0 saturated carbocycles. The summed E-state index contributed by atoms with van der Waals surface area (Å²) in [7, 11) is -1.22. The van der Waals surface area contributed by atoms with E-state index in [0.717, 1.165) is 4.31 Å². The third-order valence-corrected chi connectivity index (χ3v) is 2.51. The average molecular weight is 196 g/mol. The lowest BCUT2D eigenvalue weighted by molar-refractivity contribution is -0.126. The van der Waals surface area contributed by atoms with E-state index in [9.17, 15) is 13.2 Å². The van der Waals surface area contributed by atoms with Gasteiger partial charge in [-0.05, 0) is 6.92 Å². The number of carbonyl (C=O) groups is 1. The molecule has 0 aliphatic rings. The van der Waals surface area contributed by atoms with Crippen molar-refractivity contribution in [2.45, 2.75) is 13.0 Å². The summed E-state index contributed by atoms with van der Waals surface area (Å²) in [6.07, 6.45) is -1.33. The van der Waals surface area contributed by atoms with E-state index in [1.807, 2.05) is 0 Å². The minimum atomic E-state index is -3.77. The van der Waals surface area contributed by atoms with Crippen molar-refractivity contribution in [2.75, 3.05) is 14.1 Å². The molecular weight excluding hydrogens is 184 g/mol. The van der Waals surface area contributed by atoms with Gasteiger partial charge in [-0.25, -0.2) is 4.72 Å². The third-order valence-electron chi connectivity index (χ3n) is 1.09. The van der Waals surface area contributed by atoms with Gasteiger partial charge in [-0.3, -0.25) is 4.79 Å². The third kappa shape index (κ3) is 3.16. The van der Waals surface area contributed by atoms with Crippen LogP contribution in [-0.2, 0) is 15.0 Å². The molecule has 0 bridgehead atoms. The zero-order valence-electron chi connectivity index (χ0n) is 7.10. The molecule has 0 fully saturated rings. The maximum Gasteiger partial charge on any atom is 0.303 e. The van der Waals surface area contributed by atoms with E-state index < -0.39 is 22.2 Å². The number of nitrogens with one attached hydrogen (secondary N) is 1. The Hall–Kier alpha value is -0.660. The van der Waals surface area contributed by atoms with Crippen LogP contribution in [0.2, 0.25) is 0 Å². The molecule has 12 heavy (non-hydrogen) atoms. The Labute approximate surface area is 71.4 Å². The predicted octanol–water partition coefficient (Wildman–Crippen LogP) is -1.71. The van der Waals surface area contributed by atoms with Gasteiger partial charge in [0.15, 0.2) is 0 Å². The van der Waals surface area contributed by atoms with Crippen molar-refractivity contribution in [3.05, 3.63) is 0 Å². The number of aliphatic hydroxyl groups is 1. The molecule has 0 spiro atoms. The van der Waals surface area contributed by atoms with Crippen LogP contribution in [0.5, 0.6) is 0 Å². The monoisotopic (exact) mass is 196 g/mol. The summed E-state index contributed by atoms with van der Waals surface area (Å²) >= 11 is 0. The van der Waals surface area contributed by atoms with E-state index in [-0.39, 0.29) is 0 Å². The fourth-order valence-electron chi connectivity index (χ4n) is 0.304. The molecule has 6 nitrogen and oxygen atoms in total. The Kier molecular flexibility index (Phi) is 3.62. The van der Waals surface area contributed by atoms with Crippen molar-refractivity contribution in [3.8, 4) is 0 Å². The molecule has 72 valence electrons. The molecule has 1 atom stereocenters. The number of carbonyl (C=O) groups excluding carboxylic acids is 1. The van der Waals surface area contributed by atoms with Crippen LogP contribution in [0, 0.1) is 0 Å². The molecule has 0 aromatic carbocycles. The molecule has 0 rings (SSSR count). The number of rotatable bonds is 3. The second kappa shape index (κ2) is 3.83. The number of hydrogen-bond acceptors (Lipinski definition) is 4. The van der Waals surface area contributed by atoms with Crippen LogP contribution in [0.15, 0.2) is 0 Å². The summed E-state index contributed by atoms with van der Waals surface area (Å²) in [4.78, 5) is 10.7. The summed E-state index contributed by atoms with van der Waals surface area (Å²) in [5.41, 5.74) is 0. The number of aliphatic hydroxyl groups excluding tert-OH is 1. The zero-order valence-corrected chi connectivity index (χ0v) is 7.92. The molecule has 1 amide bonds. The summed E-state index contributed by atoms with van der Waals surface area (Å²) < 4.78 is 24.4. The first kappa shape index (κ1) is 11.3. The van der Waals surface area contributed by atoms with Crippen molar-refractivity contribution in [1.82, 2.24) is 9.03 Å². The van der Waals surface area contributed by atoms with Crippen molar-refractivity contribution in [1.29, 1.82) is 0 Å². The summed E-state index contributed by atoms with van der Waals surface area (Å²) in [6, 6.07) is 0. The minimum Gasteiger partial charge on any atom is -0.384 e. The Morgan fingerprint density at radius 3 is 2.17 bits per heavy atom. The molecule has 1 unspecified atom stereocenters. The van der Waals surface area contributed by atoms with E-state index in [2.05, 4.69) is 0 Å². The van der Waals surface area contributed by atoms with Gasteiger partial charge in [0.05, 0.1) is 0 Å². The zero-order chi connectivity index (χ0) is 9.94. The van der Waals surface area contributed by atoms with Gasteiger partial charge >= 0.3 is 10.2 Å². The molecule has 0 aliphatic heterocycles. The lowest BCUT2D eigenvalue weighted by Gasteiger charge is -2.12. The van der Waals surface area contributed by atoms with Gasteiger partial charge in [0.25, 0.3) is 5.91 Å². The summed E-state index contributed by atoms with van der Waals surface area (Å²) in [5, 5.41) is 8.67. The number of hydrogen-bond donors (Lipinski definition) is 2. The molecular formula is C5H12N2O4S. The van der Waals surface area contributed by atoms with E-state index in [0.29, 0.717) is 0 Å². The summed E-state index contributed by atoms with van der Waals surface area (Å²) in [6.45, 7) is 1.18. The Bertz CT molecular complexity index is 257. The van der Waals surface area contributed by atoms with Crippen LogP contribution in [0.25, 0.3) is 0 Å². The van der Waals surface area contributed by atoms with Gasteiger partial charge in [-0.15, -0.1) is 0 Å². The van der Waals surface area contributed by atoms with Gasteiger partial charge in [0.1, 0.15) is 6.10 Å². The molecule has 0 radical (unpaired) electrons. The Morgan fingerprint density at radius 2 is 1.92 bits per heavy atom. The topological polar surface area (TPSA) is 86.7 Å². The van der Waals surface area contributed by atoms with E-state index in [1.54, 1.807) is 4.72 Å². The van der Waals surface area contributed by atoms with Crippen molar-refractivity contribution >= 4 is 16.1 Å². The summed E-state index contributed by atoms with van der Waals surface area (Å²) in [5.74, 6) is -0.941. The maximum atomic E-state index is 10.9. The molecule has 0 saturated heterocycles. The highest BCUT2D eigenvalue weighted by atomic mass is 32.2. The fraction of sp³-hybridized carbons (Fsp3) is 0.800. The van der Waals surface area contributed by atoms with Gasteiger partial charge < -0.3 is 5.11 Å². The van der Waals surface area contributed by atoms with Crippen molar-refractivity contribution in [3.63, 3.8) is 0 Å². The second-order valence-corrected chi connectivity index (χ2v) is 4.31. The van der Waals surface area contributed by atoms with Crippen LogP contribution >= 0.6 is 0 Å². The van der Waals surface area contributed by atoms with Gasteiger partial charge in [0, 0.05) is 14.1 Å². The average Bonchev–Trinajstić information content (AvgIpc) is 1.85. The molecule has 0 heterocycles. The van der Waals surface area contributed by atoms with Gasteiger partial charge in [0.2, 0.25) is 0 Å². The Morgan fingerprint density at radius 1 is 1.50 bits per heavy atom. The first-order chi connectivity index (χ1) is 5.27. The van der Waals surface area contributed by atoms with Gasteiger partial charge in [-0.2, -0.15) is 12.7 Å². The first-order valence-electron chi connectivity index (χ1n) is 3.19. The molecule has 7 heteroatoms. The highest BCUT2D eigenvalue weighted by Gasteiger charge is 2.19. The minimum absolute atomic E-state index is 0.841. The predicted molar refractivity (Wildman–Crippen MR) is 42.4 cm³/mol. The highest BCUT2D eigenvalue weighted by Crippen LogP contribution is 1.89. The van der Waals surface area contributed by atoms with Crippen LogP contribution < -0.4 is 4.72 Å². The molecule has 0 aromatic heterocycles. The largest absolute Gasteiger partial charge is 0.384 e. The van der Waals surface area contributed by atoms with Crippen molar-refractivity contribution in [2.24, 2.45) is 0 Å². The van der Waals surface area contributed by atoms with E-state index >= 15 is 0 Å². The number of nitrogens with zero attached hydrogens (tertiary/aromatic N) is 1. The quantitative estimate of drug-likeness (QED) is 0.562.